The lowest BCUT2D eigenvalue weighted by atomic mass is 10.4. The van der Waals surface area contributed by atoms with E-state index >= 15 is 0 Å². The lowest BCUT2D eigenvalue weighted by molar-refractivity contribution is -0.134. The topological polar surface area (TPSA) is 72.3 Å². The van der Waals surface area contributed by atoms with Gasteiger partial charge in [-0.3, -0.25) is 4.79 Å². The van der Waals surface area contributed by atoms with Crippen molar-refractivity contribution in [3.05, 3.63) is 0 Å². The van der Waals surface area contributed by atoms with Crippen LogP contribution in [-0.4, -0.2) is 36.2 Å². The highest BCUT2D eigenvalue weighted by Crippen LogP contribution is 2.57. The van der Waals surface area contributed by atoms with Gasteiger partial charge in [-0.1, -0.05) is 40.0 Å². The molecular weight excluding hydrogens is 257 g/mol. The van der Waals surface area contributed by atoms with E-state index in [4.69, 9.17) is 9.90 Å². The highest BCUT2D eigenvalue weighted by molar-refractivity contribution is 7.75. The van der Waals surface area contributed by atoms with Gasteiger partial charge in [-0.25, -0.2) is 0 Å². The zero-order chi connectivity index (χ0) is 14.4. The van der Waals surface area contributed by atoms with E-state index in [0.29, 0.717) is 0 Å². The number of hydrogen-bond acceptors (Lipinski definition) is 2. The van der Waals surface area contributed by atoms with Crippen LogP contribution in [0.25, 0.3) is 0 Å². The predicted octanol–water partition coefficient (Wildman–Crippen LogP) is 5.29. The molecule has 0 aliphatic heterocycles. The molecule has 0 aromatic carbocycles. The molecule has 19 heavy (non-hydrogen) atoms. The molecule has 0 bridgehead atoms. The van der Waals surface area contributed by atoms with E-state index in [1.807, 2.05) is 0 Å². The van der Waals surface area contributed by atoms with Crippen molar-refractivity contribution in [2.45, 2.75) is 66.2 Å². The van der Waals surface area contributed by atoms with Gasteiger partial charge in [-0.15, -0.1) is 0 Å². The minimum absolute atomic E-state index is 0. The minimum Gasteiger partial charge on any atom is -0.481 e. The Bertz CT molecular complexity index is 173. The summed E-state index contributed by atoms with van der Waals surface area (Å²) in [5.41, 5.74) is 0. The summed E-state index contributed by atoms with van der Waals surface area (Å²) in [7, 11) is -0.519. The van der Waals surface area contributed by atoms with Gasteiger partial charge in [0, 0.05) is 20.9 Å². The third kappa shape index (κ3) is 20.3. The van der Waals surface area contributed by atoms with Crippen LogP contribution in [0.3, 0.4) is 0 Å². The summed E-state index contributed by atoms with van der Waals surface area (Å²) in [6.07, 6.45) is 13.2. The van der Waals surface area contributed by atoms with Crippen molar-refractivity contribution in [2.24, 2.45) is 0 Å². The van der Waals surface area contributed by atoms with Gasteiger partial charge in [0.05, 0.1) is 18.5 Å². The van der Waals surface area contributed by atoms with E-state index in [9.17, 15) is 0 Å². The Kier molecular flexibility index (Phi) is 20.0. The van der Waals surface area contributed by atoms with Crippen LogP contribution in [0.5, 0.6) is 0 Å². The third-order valence-corrected chi connectivity index (χ3v) is 7.34. The lowest BCUT2D eigenvalue weighted by Gasteiger charge is -2.22. The minimum atomic E-state index is -0.833. The van der Waals surface area contributed by atoms with Crippen LogP contribution in [0, 0.1) is 0 Å². The first-order chi connectivity index (χ1) is 8.41. The maximum absolute atomic E-state index is 9.00. The average molecular weight is 294 g/mol. The Morgan fingerprint density at radius 1 is 0.895 bits per heavy atom. The maximum atomic E-state index is 9.00. The van der Waals surface area contributed by atoms with E-state index in [1.54, 1.807) is 18.5 Å². The van der Waals surface area contributed by atoms with Crippen LogP contribution in [0.4, 0.5) is 0 Å². The molecule has 0 heterocycles. The van der Waals surface area contributed by atoms with Crippen LogP contribution >= 0.6 is 7.26 Å². The second-order valence-corrected chi connectivity index (χ2v) is 9.95. The number of carbonyl (C=O) groups is 1. The van der Waals surface area contributed by atoms with Crippen molar-refractivity contribution in [1.82, 2.24) is 6.15 Å². The molecule has 0 saturated carbocycles. The summed E-state index contributed by atoms with van der Waals surface area (Å²) >= 11 is 0. The SMILES string of the molecule is CC(=O)O.CCCC[P+](C)(CCCC)CCCC.N. The standard InChI is InChI=1S/C13H30P.C2H4O2.H3N/c1-5-8-11-14(4,12-9-6-2)13-10-7-3;1-2(3)4;/h5-13H2,1-4H3;1H3,(H,3,4);1H3/q+1;;. The van der Waals surface area contributed by atoms with Crippen molar-refractivity contribution in [3.63, 3.8) is 0 Å². The monoisotopic (exact) mass is 294 g/mol. The van der Waals surface area contributed by atoms with Gasteiger partial charge >= 0.3 is 0 Å². The van der Waals surface area contributed by atoms with Crippen molar-refractivity contribution >= 4 is 13.2 Å². The van der Waals surface area contributed by atoms with E-state index in [1.165, 1.54) is 38.5 Å². The third-order valence-electron chi connectivity index (χ3n) is 3.15. The van der Waals surface area contributed by atoms with Gasteiger partial charge in [-0.2, -0.15) is 0 Å². The molecule has 0 fully saturated rings. The Labute approximate surface area is 121 Å². The van der Waals surface area contributed by atoms with Gasteiger partial charge in [0.2, 0.25) is 0 Å². The Morgan fingerprint density at radius 3 is 1.26 bits per heavy atom. The molecular formula is C15H37NO2P+. The second kappa shape index (κ2) is 15.9. The lowest BCUT2D eigenvalue weighted by Crippen LogP contribution is -2.07. The van der Waals surface area contributed by atoms with Crippen molar-refractivity contribution in [3.8, 4) is 0 Å². The van der Waals surface area contributed by atoms with Crippen molar-refractivity contribution in [1.29, 1.82) is 0 Å². The van der Waals surface area contributed by atoms with Crippen molar-refractivity contribution < 1.29 is 9.90 Å². The van der Waals surface area contributed by atoms with Gasteiger partial charge in [0.25, 0.3) is 5.97 Å². The maximum Gasteiger partial charge on any atom is 0.300 e. The number of rotatable bonds is 9. The molecule has 0 aromatic heterocycles. The summed E-state index contributed by atoms with van der Waals surface area (Å²) in [5.74, 6) is -0.833. The van der Waals surface area contributed by atoms with Crippen LogP contribution in [0.15, 0.2) is 0 Å². The fourth-order valence-corrected chi connectivity index (χ4v) is 5.86. The molecule has 0 unspecified atom stereocenters. The molecule has 0 radical (unpaired) electrons. The predicted molar refractivity (Wildman–Crippen MR) is 90.5 cm³/mol. The van der Waals surface area contributed by atoms with Crippen LogP contribution in [0.2, 0.25) is 0 Å². The molecule has 3 nitrogen and oxygen atoms in total. The fourth-order valence-electron chi connectivity index (χ4n) is 1.95. The molecule has 0 aliphatic rings. The molecule has 0 amide bonds. The Balaban J connectivity index is -0.000000448. The summed E-state index contributed by atoms with van der Waals surface area (Å²) in [4.78, 5) is 9.00. The molecule has 0 atom stereocenters. The number of hydrogen-bond donors (Lipinski definition) is 2. The second-order valence-electron chi connectivity index (χ2n) is 5.37. The summed E-state index contributed by atoms with van der Waals surface area (Å²) in [6, 6.07) is 0. The average Bonchev–Trinajstić information content (AvgIpc) is 2.31. The Hall–Kier alpha value is -0.140. The molecule has 118 valence electrons. The van der Waals surface area contributed by atoms with Gasteiger partial charge in [0.15, 0.2) is 0 Å². The zero-order valence-corrected chi connectivity index (χ0v) is 14.8. The molecule has 0 aliphatic carbocycles. The first kappa shape index (κ1) is 23.9. The molecule has 4 heteroatoms. The quantitative estimate of drug-likeness (QED) is 0.568. The van der Waals surface area contributed by atoms with Gasteiger partial charge in [-0.05, 0) is 19.3 Å². The summed E-state index contributed by atoms with van der Waals surface area (Å²) < 4.78 is 0. The molecule has 0 aromatic rings. The number of carboxylic acid groups (broad SMARTS) is 1. The summed E-state index contributed by atoms with van der Waals surface area (Å²) in [6.45, 7) is 10.7. The van der Waals surface area contributed by atoms with Gasteiger partial charge in [0.1, 0.15) is 0 Å². The number of unbranched alkanes of at least 4 members (excludes halogenated alkanes) is 3. The van der Waals surface area contributed by atoms with Gasteiger partial charge < -0.3 is 11.3 Å². The molecule has 4 N–H and O–H groups in total. The number of aliphatic carboxylic acids is 1. The Morgan fingerprint density at radius 2 is 1.11 bits per heavy atom. The summed E-state index contributed by atoms with van der Waals surface area (Å²) in [5, 5.41) is 7.42. The van der Waals surface area contributed by atoms with Crippen LogP contribution < -0.4 is 6.15 Å². The first-order valence-electron chi connectivity index (χ1n) is 7.44. The highest BCUT2D eigenvalue weighted by Gasteiger charge is 2.28. The van der Waals surface area contributed by atoms with E-state index in [-0.39, 0.29) is 6.15 Å². The molecule has 0 rings (SSSR count). The molecule has 0 spiro atoms. The smallest absolute Gasteiger partial charge is 0.300 e. The van der Waals surface area contributed by atoms with Crippen LogP contribution in [0.1, 0.15) is 66.2 Å². The van der Waals surface area contributed by atoms with E-state index < -0.39 is 13.2 Å². The normalized spacial score (nSPS) is 10.2. The molecule has 0 saturated heterocycles. The van der Waals surface area contributed by atoms with Crippen LogP contribution in [-0.2, 0) is 4.79 Å². The number of carboxylic acids is 1. The van der Waals surface area contributed by atoms with E-state index in [0.717, 1.165) is 6.92 Å². The first-order valence-corrected chi connectivity index (χ1v) is 10.2. The highest BCUT2D eigenvalue weighted by atomic mass is 31.2. The zero-order valence-electron chi connectivity index (χ0n) is 13.9. The fraction of sp³-hybridized carbons (Fsp3) is 0.933. The largest absolute Gasteiger partial charge is 0.481 e. The van der Waals surface area contributed by atoms with Crippen molar-refractivity contribution in [2.75, 3.05) is 25.2 Å². The van der Waals surface area contributed by atoms with E-state index in [2.05, 4.69) is 27.4 Å².